The van der Waals surface area contributed by atoms with E-state index in [1.54, 1.807) is 12.1 Å². The van der Waals surface area contributed by atoms with E-state index < -0.39 is 5.82 Å². The maximum absolute atomic E-state index is 13.7. The minimum Gasteiger partial charge on any atom is -0.494 e. The van der Waals surface area contributed by atoms with Crippen molar-refractivity contribution in [2.45, 2.75) is 12.8 Å². The van der Waals surface area contributed by atoms with E-state index in [1.807, 2.05) is 12.1 Å². The summed E-state index contributed by atoms with van der Waals surface area (Å²) in [7, 11) is 1.44. The van der Waals surface area contributed by atoms with Crippen molar-refractivity contribution in [3.05, 3.63) is 36.1 Å². The van der Waals surface area contributed by atoms with Crippen molar-refractivity contribution in [2.24, 2.45) is 5.92 Å². The summed E-state index contributed by atoms with van der Waals surface area (Å²) in [5.74, 6) is 1.42. The zero-order valence-corrected chi connectivity index (χ0v) is 13.2. The molecule has 1 aromatic carbocycles. The van der Waals surface area contributed by atoms with Gasteiger partial charge in [-0.1, -0.05) is 0 Å². The molecule has 1 heterocycles. The summed E-state index contributed by atoms with van der Waals surface area (Å²) in [5, 5.41) is 14.9. The number of anilines is 1. The Morgan fingerprint density at radius 3 is 2.70 bits per heavy atom. The first-order chi connectivity index (χ1) is 11.3. The zero-order chi connectivity index (χ0) is 16.1. The summed E-state index contributed by atoms with van der Waals surface area (Å²) in [6.45, 7) is 2.82. The van der Waals surface area contributed by atoms with Crippen LogP contribution in [0.3, 0.4) is 0 Å². The molecule has 1 aliphatic rings. The standard InChI is InChI=1S/C17H21FN4O/c1-23-16-6-4-13(10-14(16)18)15-5-7-17(22-21-15)20-9-8-19-11-12-2-3-12/h4-7,10,12,19H,2-3,8-9,11H2,1H3,(H,20,22). The first-order valence-corrected chi connectivity index (χ1v) is 7.88. The minimum atomic E-state index is -0.407. The lowest BCUT2D eigenvalue weighted by Crippen LogP contribution is -2.24. The highest BCUT2D eigenvalue weighted by Crippen LogP contribution is 2.27. The monoisotopic (exact) mass is 316 g/mol. The number of halogens is 1. The quantitative estimate of drug-likeness (QED) is 0.733. The molecule has 3 rings (SSSR count). The Bertz CT molecular complexity index is 644. The molecule has 0 spiro atoms. The van der Waals surface area contributed by atoms with Crippen molar-refractivity contribution in [2.75, 3.05) is 32.1 Å². The third-order valence-corrected chi connectivity index (χ3v) is 3.85. The number of ether oxygens (including phenoxy) is 1. The maximum Gasteiger partial charge on any atom is 0.165 e. The molecule has 6 heteroatoms. The molecule has 2 N–H and O–H groups in total. The minimum absolute atomic E-state index is 0.221. The molecule has 0 unspecified atom stereocenters. The molecule has 2 aromatic rings. The number of hydrogen-bond acceptors (Lipinski definition) is 5. The van der Waals surface area contributed by atoms with Crippen LogP contribution in [0.15, 0.2) is 30.3 Å². The fourth-order valence-electron chi connectivity index (χ4n) is 2.31. The average molecular weight is 316 g/mol. The van der Waals surface area contributed by atoms with Crippen molar-refractivity contribution in [3.8, 4) is 17.0 Å². The number of nitrogens with zero attached hydrogens (tertiary/aromatic N) is 2. The Morgan fingerprint density at radius 2 is 2.04 bits per heavy atom. The van der Waals surface area contributed by atoms with Crippen molar-refractivity contribution in [1.82, 2.24) is 15.5 Å². The normalized spacial score (nSPS) is 13.8. The molecule has 1 fully saturated rings. The van der Waals surface area contributed by atoms with E-state index in [2.05, 4.69) is 20.8 Å². The summed E-state index contributed by atoms with van der Waals surface area (Å²) >= 11 is 0. The lowest BCUT2D eigenvalue weighted by atomic mass is 10.1. The van der Waals surface area contributed by atoms with Crippen LogP contribution in [0.1, 0.15) is 12.8 Å². The van der Waals surface area contributed by atoms with Gasteiger partial charge >= 0.3 is 0 Å². The van der Waals surface area contributed by atoms with Gasteiger partial charge in [0.05, 0.1) is 12.8 Å². The zero-order valence-electron chi connectivity index (χ0n) is 13.2. The molecule has 0 aliphatic heterocycles. The molecule has 1 saturated carbocycles. The van der Waals surface area contributed by atoms with Crippen molar-refractivity contribution in [1.29, 1.82) is 0 Å². The van der Waals surface area contributed by atoms with E-state index in [9.17, 15) is 4.39 Å². The van der Waals surface area contributed by atoms with E-state index in [4.69, 9.17) is 4.74 Å². The summed E-state index contributed by atoms with van der Waals surface area (Å²) in [4.78, 5) is 0. The second-order valence-electron chi connectivity index (χ2n) is 5.73. The Hall–Kier alpha value is -2.21. The van der Waals surface area contributed by atoms with E-state index in [0.717, 1.165) is 31.4 Å². The summed E-state index contributed by atoms with van der Waals surface area (Å²) < 4.78 is 18.6. The molecular weight excluding hydrogens is 295 g/mol. The van der Waals surface area contributed by atoms with Crippen LogP contribution in [0.5, 0.6) is 5.75 Å². The maximum atomic E-state index is 13.7. The molecule has 1 aromatic heterocycles. The summed E-state index contributed by atoms with van der Waals surface area (Å²) in [6.07, 6.45) is 2.72. The lowest BCUT2D eigenvalue weighted by Gasteiger charge is -2.07. The van der Waals surface area contributed by atoms with Gasteiger partial charge in [-0.2, -0.15) is 0 Å². The summed E-state index contributed by atoms with van der Waals surface area (Å²) in [6, 6.07) is 8.43. The molecule has 0 radical (unpaired) electrons. The number of nitrogens with one attached hydrogen (secondary N) is 2. The van der Waals surface area contributed by atoms with Crippen LogP contribution in [-0.4, -0.2) is 36.9 Å². The summed E-state index contributed by atoms with van der Waals surface area (Å²) in [5.41, 5.74) is 1.30. The number of methoxy groups -OCH3 is 1. The second kappa shape index (κ2) is 7.37. The largest absolute Gasteiger partial charge is 0.494 e. The topological polar surface area (TPSA) is 59.1 Å². The first-order valence-electron chi connectivity index (χ1n) is 7.88. The first kappa shape index (κ1) is 15.7. The van der Waals surface area contributed by atoms with Crippen LogP contribution in [0.4, 0.5) is 10.2 Å². The van der Waals surface area contributed by atoms with Crippen LogP contribution in [0.25, 0.3) is 11.3 Å². The van der Waals surface area contributed by atoms with Gasteiger partial charge in [-0.05, 0) is 55.6 Å². The van der Waals surface area contributed by atoms with Crippen molar-refractivity contribution in [3.63, 3.8) is 0 Å². The Labute approximate surface area is 135 Å². The molecule has 23 heavy (non-hydrogen) atoms. The lowest BCUT2D eigenvalue weighted by molar-refractivity contribution is 0.386. The van der Waals surface area contributed by atoms with Crippen molar-refractivity contribution < 1.29 is 9.13 Å². The molecule has 0 atom stereocenters. The highest BCUT2D eigenvalue weighted by Gasteiger charge is 2.19. The molecule has 122 valence electrons. The van der Waals surface area contributed by atoms with E-state index in [-0.39, 0.29) is 5.75 Å². The average Bonchev–Trinajstić information content (AvgIpc) is 3.39. The molecule has 5 nitrogen and oxygen atoms in total. The highest BCUT2D eigenvalue weighted by atomic mass is 19.1. The van der Waals surface area contributed by atoms with Crippen LogP contribution in [-0.2, 0) is 0 Å². The van der Waals surface area contributed by atoms with Crippen LogP contribution in [0, 0.1) is 11.7 Å². The highest BCUT2D eigenvalue weighted by molar-refractivity contribution is 5.60. The van der Waals surface area contributed by atoms with Gasteiger partial charge < -0.3 is 15.4 Å². The number of aromatic nitrogens is 2. The third-order valence-electron chi connectivity index (χ3n) is 3.85. The Kier molecular flexibility index (Phi) is 5.02. The number of hydrogen-bond donors (Lipinski definition) is 2. The van der Waals surface area contributed by atoms with Gasteiger partial charge in [0.2, 0.25) is 0 Å². The number of rotatable bonds is 8. The Morgan fingerprint density at radius 1 is 1.17 bits per heavy atom. The van der Waals surface area contributed by atoms with Crippen LogP contribution >= 0.6 is 0 Å². The van der Waals surface area contributed by atoms with Gasteiger partial charge in [0, 0.05) is 18.7 Å². The Balaban J connectivity index is 1.52. The number of benzene rings is 1. The van der Waals surface area contributed by atoms with Gasteiger partial charge in [0.15, 0.2) is 11.6 Å². The van der Waals surface area contributed by atoms with Gasteiger partial charge in [-0.25, -0.2) is 4.39 Å². The fraction of sp³-hybridized carbons (Fsp3) is 0.412. The van der Waals surface area contributed by atoms with E-state index in [0.29, 0.717) is 11.3 Å². The second-order valence-corrected chi connectivity index (χ2v) is 5.73. The van der Waals surface area contributed by atoms with Gasteiger partial charge in [0.1, 0.15) is 5.82 Å². The molecule has 0 saturated heterocycles. The molecule has 0 amide bonds. The fourth-order valence-corrected chi connectivity index (χ4v) is 2.31. The van der Waals surface area contributed by atoms with Crippen LogP contribution in [0.2, 0.25) is 0 Å². The van der Waals surface area contributed by atoms with E-state index in [1.165, 1.54) is 26.0 Å². The van der Waals surface area contributed by atoms with Gasteiger partial charge in [-0.3, -0.25) is 0 Å². The molecule has 1 aliphatic carbocycles. The van der Waals surface area contributed by atoms with Crippen molar-refractivity contribution >= 4 is 5.82 Å². The smallest absolute Gasteiger partial charge is 0.165 e. The molecule has 0 bridgehead atoms. The SMILES string of the molecule is COc1ccc(-c2ccc(NCCNCC3CC3)nn2)cc1F. The van der Waals surface area contributed by atoms with E-state index >= 15 is 0 Å². The third kappa shape index (κ3) is 4.39. The van der Waals surface area contributed by atoms with Crippen LogP contribution < -0.4 is 15.4 Å². The predicted molar refractivity (Wildman–Crippen MR) is 88.1 cm³/mol. The van der Waals surface area contributed by atoms with Gasteiger partial charge in [-0.15, -0.1) is 10.2 Å². The van der Waals surface area contributed by atoms with Gasteiger partial charge in [0.25, 0.3) is 0 Å². The molecular formula is C17H21FN4O. The predicted octanol–water partition coefficient (Wildman–Crippen LogP) is 2.70.